The summed E-state index contributed by atoms with van der Waals surface area (Å²) in [6.45, 7) is 1.86. The minimum absolute atomic E-state index is 0.00765. The summed E-state index contributed by atoms with van der Waals surface area (Å²) in [4.78, 5) is 2.95. The average molecular weight is 315 g/mol. The first kappa shape index (κ1) is 14.8. The van der Waals surface area contributed by atoms with Gasteiger partial charge >= 0.3 is 7.12 Å². The molecule has 7 heteroatoms. The summed E-state index contributed by atoms with van der Waals surface area (Å²) < 4.78 is 29.2. The van der Waals surface area contributed by atoms with Gasteiger partial charge in [-0.25, -0.2) is 0 Å². The number of fused-ring (bicyclic) bond motifs is 1. The van der Waals surface area contributed by atoms with E-state index in [1.54, 1.807) is 18.2 Å². The average Bonchev–Trinajstić information content (AvgIpc) is 2.91. The van der Waals surface area contributed by atoms with Gasteiger partial charge in [0.1, 0.15) is 0 Å². The fourth-order valence-corrected chi connectivity index (χ4v) is 3.09. The molecule has 0 amide bonds. The molecule has 0 saturated heterocycles. The van der Waals surface area contributed by atoms with Crippen molar-refractivity contribution in [3.8, 4) is 0 Å². The summed E-state index contributed by atoms with van der Waals surface area (Å²) in [5, 5.41) is 10.9. The van der Waals surface area contributed by atoms with Crippen LogP contribution in [0.2, 0.25) is 0 Å². The highest BCUT2D eigenvalue weighted by atomic mass is 32.2. The van der Waals surface area contributed by atoms with Crippen LogP contribution in [0.3, 0.4) is 0 Å². The monoisotopic (exact) mass is 315 g/mol. The van der Waals surface area contributed by atoms with Gasteiger partial charge in [-0.1, -0.05) is 35.9 Å². The van der Waals surface area contributed by atoms with Gasteiger partial charge in [0.15, 0.2) is 0 Å². The zero-order valence-corrected chi connectivity index (χ0v) is 12.7. The van der Waals surface area contributed by atoms with Crippen molar-refractivity contribution >= 4 is 33.7 Å². The Morgan fingerprint density at radius 1 is 1.09 bits per heavy atom. The van der Waals surface area contributed by atoms with Crippen molar-refractivity contribution in [1.29, 1.82) is 0 Å². The Labute approximate surface area is 128 Å². The van der Waals surface area contributed by atoms with Crippen LogP contribution in [0.1, 0.15) is 5.56 Å². The molecule has 112 valence electrons. The fraction of sp³-hybridized carbons (Fsp3) is 0.0667. The standard InChI is InChI=1S/C15H14BNO4S/c1-11-6-8-13(9-7-11)22(19,20)21-16(18)15-10-12-4-2-3-5-14(12)17-15/h2-10,17-18H,1H3. The van der Waals surface area contributed by atoms with Gasteiger partial charge in [0.05, 0.1) is 4.90 Å². The summed E-state index contributed by atoms with van der Waals surface area (Å²) in [5.41, 5.74) is 2.03. The van der Waals surface area contributed by atoms with Gasteiger partial charge < -0.3 is 10.0 Å². The predicted molar refractivity (Wildman–Crippen MR) is 85.4 cm³/mol. The third-order valence-corrected chi connectivity index (χ3v) is 4.63. The highest BCUT2D eigenvalue weighted by molar-refractivity contribution is 7.87. The fourth-order valence-electron chi connectivity index (χ4n) is 2.16. The van der Waals surface area contributed by atoms with E-state index in [0.29, 0.717) is 0 Å². The van der Waals surface area contributed by atoms with Crippen molar-refractivity contribution in [2.24, 2.45) is 0 Å². The molecule has 3 aromatic rings. The third-order valence-electron chi connectivity index (χ3n) is 3.34. The molecule has 5 nitrogen and oxygen atoms in total. The van der Waals surface area contributed by atoms with Gasteiger partial charge in [0.25, 0.3) is 10.1 Å². The molecule has 0 atom stereocenters. The number of aromatic amines is 1. The normalized spacial score (nSPS) is 11.7. The number of para-hydroxylation sites is 1. The van der Waals surface area contributed by atoms with Crippen LogP contribution in [0, 0.1) is 6.92 Å². The van der Waals surface area contributed by atoms with E-state index in [1.807, 2.05) is 31.2 Å². The molecule has 0 radical (unpaired) electrons. The second-order valence-electron chi connectivity index (χ2n) is 5.03. The SMILES string of the molecule is Cc1ccc(S(=O)(=O)OB(O)c2cc3ccccc3[nH]2)cc1. The first-order chi connectivity index (χ1) is 10.5. The summed E-state index contributed by atoms with van der Waals surface area (Å²) in [6, 6.07) is 15.3. The zero-order valence-electron chi connectivity index (χ0n) is 11.9. The molecule has 0 aliphatic rings. The second kappa shape index (κ2) is 5.60. The van der Waals surface area contributed by atoms with E-state index in [1.165, 1.54) is 12.1 Å². The molecule has 1 aromatic heterocycles. The third kappa shape index (κ3) is 2.92. The smallest absolute Gasteiger partial charge is 0.421 e. The number of nitrogens with one attached hydrogen (secondary N) is 1. The van der Waals surface area contributed by atoms with E-state index in [9.17, 15) is 13.4 Å². The molecule has 0 aliphatic carbocycles. The number of H-pyrrole nitrogens is 1. The molecule has 0 saturated carbocycles. The number of benzene rings is 2. The molecule has 0 unspecified atom stereocenters. The van der Waals surface area contributed by atoms with E-state index in [2.05, 4.69) is 4.98 Å². The van der Waals surface area contributed by atoms with Crippen LogP contribution in [0.5, 0.6) is 0 Å². The topological polar surface area (TPSA) is 79.4 Å². The van der Waals surface area contributed by atoms with E-state index < -0.39 is 17.2 Å². The van der Waals surface area contributed by atoms with Crippen LogP contribution >= 0.6 is 0 Å². The van der Waals surface area contributed by atoms with Crippen molar-refractivity contribution in [2.45, 2.75) is 11.8 Å². The Morgan fingerprint density at radius 3 is 2.45 bits per heavy atom. The number of aryl methyl sites for hydroxylation is 1. The maximum atomic E-state index is 12.1. The summed E-state index contributed by atoms with van der Waals surface area (Å²) in [6.07, 6.45) is 0. The Morgan fingerprint density at radius 2 is 1.77 bits per heavy atom. The lowest BCUT2D eigenvalue weighted by atomic mass is 9.86. The van der Waals surface area contributed by atoms with Crippen molar-refractivity contribution < 1.29 is 17.5 Å². The van der Waals surface area contributed by atoms with Crippen LogP contribution in [-0.2, 0) is 14.2 Å². The van der Waals surface area contributed by atoms with Crippen molar-refractivity contribution in [2.75, 3.05) is 0 Å². The molecule has 3 rings (SSSR count). The van der Waals surface area contributed by atoms with Gasteiger partial charge in [-0.3, -0.25) is 4.10 Å². The van der Waals surface area contributed by atoms with E-state index in [4.69, 9.17) is 4.10 Å². The molecule has 22 heavy (non-hydrogen) atoms. The molecular formula is C15H14BNO4S. The maximum Gasteiger partial charge on any atom is 0.523 e. The summed E-state index contributed by atoms with van der Waals surface area (Å²) >= 11 is 0. The van der Waals surface area contributed by atoms with Gasteiger partial charge in [-0.05, 0) is 36.6 Å². The lowest BCUT2D eigenvalue weighted by Gasteiger charge is -2.08. The van der Waals surface area contributed by atoms with Crippen molar-refractivity contribution in [1.82, 2.24) is 4.98 Å². The van der Waals surface area contributed by atoms with Crippen LogP contribution in [0.15, 0.2) is 59.5 Å². The Balaban J connectivity index is 1.86. The lowest BCUT2D eigenvalue weighted by molar-refractivity contribution is 0.418. The number of hydrogen-bond donors (Lipinski definition) is 2. The summed E-state index contributed by atoms with van der Waals surface area (Å²) in [7, 11) is -5.62. The van der Waals surface area contributed by atoms with Crippen LogP contribution in [0.4, 0.5) is 0 Å². The molecular weight excluding hydrogens is 301 g/mol. The second-order valence-corrected chi connectivity index (χ2v) is 6.60. The highest BCUT2D eigenvalue weighted by Gasteiger charge is 2.27. The quantitative estimate of drug-likeness (QED) is 0.716. The largest absolute Gasteiger partial charge is 0.523 e. The summed E-state index contributed by atoms with van der Waals surface area (Å²) in [5.74, 6) is 0. The number of rotatable bonds is 4. The first-order valence-corrected chi connectivity index (χ1v) is 8.12. The molecule has 1 heterocycles. The Hall–Kier alpha value is -2.09. The number of hydrogen-bond acceptors (Lipinski definition) is 4. The first-order valence-electron chi connectivity index (χ1n) is 6.71. The van der Waals surface area contributed by atoms with E-state index >= 15 is 0 Å². The Kier molecular flexibility index (Phi) is 3.78. The molecule has 0 spiro atoms. The van der Waals surface area contributed by atoms with Crippen LogP contribution < -0.4 is 5.59 Å². The van der Waals surface area contributed by atoms with Crippen LogP contribution in [-0.4, -0.2) is 25.5 Å². The molecule has 0 bridgehead atoms. The van der Waals surface area contributed by atoms with Crippen molar-refractivity contribution in [3.05, 3.63) is 60.2 Å². The van der Waals surface area contributed by atoms with Gasteiger partial charge in [-0.2, -0.15) is 8.42 Å². The molecule has 0 aliphatic heterocycles. The number of aromatic nitrogens is 1. The zero-order chi connectivity index (χ0) is 15.7. The van der Waals surface area contributed by atoms with Gasteiger partial charge in [0.2, 0.25) is 0 Å². The van der Waals surface area contributed by atoms with E-state index in [-0.39, 0.29) is 10.5 Å². The van der Waals surface area contributed by atoms with E-state index in [0.717, 1.165) is 16.5 Å². The molecule has 0 fully saturated rings. The van der Waals surface area contributed by atoms with Crippen molar-refractivity contribution in [3.63, 3.8) is 0 Å². The predicted octanol–water partition coefficient (Wildman–Crippen LogP) is 1.57. The van der Waals surface area contributed by atoms with Gasteiger partial charge in [0, 0.05) is 11.1 Å². The molecule has 2 N–H and O–H groups in total. The minimum Gasteiger partial charge on any atom is -0.421 e. The minimum atomic E-state index is -4.03. The Bertz CT molecular complexity index is 870. The van der Waals surface area contributed by atoms with Crippen LogP contribution in [0.25, 0.3) is 10.9 Å². The van der Waals surface area contributed by atoms with Gasteiger partial charge in [-0.15, -0.1) is 0 Å². The lowest BCUT2D eigenvalue weighted by Crippen LogP contribution is -2.36. The highest BCUT2D eigenvalue weighted by Crippen LogP contribution is 2.15. The maximum absolute atomic E-state index is 12.1. The molecule has 2 aromatic carbocycles.